The van der Waals surface area contributed by atoms with Crippen LogP contribution in [-0.2, 0) is 6.18 Å². The average Bonchev–Trinajstić information content (AvgIpc) is 2.99. The molecule has 1 aromatic carbocycles. The molecule has 0 radical (unpaired) electrons. The lowest BCUT2D eigenvalue weighted by atomic mass is 10.1. The van der Waals surface area contributed by atoms with Crippen molar-refractivity contribution in [3.8, 4) is 5.69 Å². The molecule has 0 bridgehead atoms. The van der Waals surface area contributed by atoms with Gasteiger partial charge < -0.3 is 0 Å². The van der Waals surface area contributed by atoms with E-state index in [1.165, 1.54) is 30.5 Å². The van der Waals surface area contributed by atoms with Crippen molar-refractivity contribution in [3.63, 3.8) is 0 Å². The van der Waals surface area contributed by atoms with Crippen LogP contribution in [0.1, 0.15) is 11.1 Å². The molecule has 0 saturated heterocycles. The summed E-state index contributed by atoms with van der Waals surface area (Å²) in [5, 5.41) is 4.42. The number of benzene rings is 1. The molecule has 4 nitrogen and oxygen atoms in total. The second-order valence-electron chi connectivity index (χ2n) is 6.46. The molecule has 0 N–H and O–H groups in total. The van der Waals surface area contributed by atoms with E-state index in [0.29, 0.717) is 16.8 Å². The third kappa shape index (κ3) is 4.70. The Labute approximate surface area is 144 Å². The fourth-order valence-electron chi connectivity index (χ4n) is 2.01. The molecule has 130 valence electrons. The molecule has 0 spiro atoms. The van der Waals surface area contributed by atoms with Gasteiger partial charge in [-0.25, -0.2) is 9.67 Å². The van der Waals surface area contributed by atoms with E-state index >= 15 is 0 Å². The van der Waals surface area contributed by atoms with Crippen LogP contribution < -0.4 is 0 Å². The number of hydrogen-bond donors (Lipinski definition) is 0. The van der Waals surface area contributed by atoms with Gasteiger partial charge in [-0.15, -0.1) is 11.8 Å². The summed E-state index contributed by atoms with van der Waals surface area (Å²) < 4.78 is 41.5. The lowest BCUT2D eigenvalue weighted by Gasteiger charge is -2.16. The van der Waals surface area contributed by atoms with Crippen molar-refractivity contribution in [2.45, 2.75) is 25.8 Å². The van der Waals surface area contributed by atoms with Crippen LogP contribution in [-0.4, -0.2) is 40.3 Å². The summed E-state index contributed by atoms with van der Waals surface area (Å²) in [6, 6.07) is 4.19. The molecule has 24 heavy (non-hydrogen) atoms. The Morgan fingerprint density at radius 3 is 2.50 bits per heavy atom. The Morgan fingerprint density at radius 1 is 1.29 bits per heavy atom. The summed E-state index contributed by atoms with van der Waals surface area (Å²) in [5.41, 5.74) is -0.327. The highest BCUT2D eigenvalue weighted by atomic mass is 32.2. The molecule has 1 heterocycles. The first kappa shape index (κ1) is 18.7. The number of aromatic nitrogens is 3. The molecule has 0 amide bonds. The highest BCUT2D eigenvalue weighted by Crippen LogP contribution is 2.35. The van der Waals surface area contributed by atoms with Gasteiger partial charge in [-0.1, -0.05) is 25.7 Å². The monoisotopic (exact) mass is 372 g/mol. The van der Waals surface area contributed by atoms with E-state index in [1.807, 2.05) is 6.26 Å². The maximum Gasteiger partial charge on any atom is 0.418 e. The molecule has 0 atom stereocenters. The predicted molar refractivity (Wildman–Crippen MR) is 94.6 cm³/mol. The van der Waals surface area contributed by atoms with E-state index in [-0.39, 0.29) is 5.69 Å². The Morgan fingerprint density at radius 2 is 2.00 bits per heavy atom. The summed E-state index contributed by atoms with van der Waals surface area (Å²) in [4.78, 5) is 8.25. The van der Waals surface area contributed by atoms with Crippen LogP contribution in [0.25, 0.3) is 5.69 Å². The Bertz CT molecular complexity index is 721. The normalized spacial score (nSPS) is 13.4. The molecule has 1 aromatic heterocycles. The second kappa shape index (κ2) is 7.10. The zero-order valence-electron chi connectivity index (χ0n) is 13.9. The molecular formula is C15H19F3N4SSi. The lowest BCUT2D eigenvalue weighted by Crippen LogP contribution is -2.25. The van der Waals surface area contributed by atoms with E-state index in [4.69, 9.17) is 0 Å². The first-order valence-corrected chi connectivity index (χ1v) is 12.2. The topological polar surface area (TPSA) is 43.1 Å². The zero-order valence-corrected chi connectivity index (χ0v) is 15.7. The molecule has 2 rings (SSSR count). The molecule has 0 aliphatic rings. The summed E-state index contributed by atoms with van der Waals surface area (Å²) in [6.07, 6.45) is 0.465. The molecule has 0 aliphatic heterocycles. The summed E-state index contributed by atoms with van der Waals surface area (Å²) in [7, 11) is -1.42. The molecule has 0 unspecified atom stereocenters. The Balaban J connectivity index is 2.50. The van der Waals surface area contributed by atoms with Crippen molar-refractivity contribution in [2.75, 3.05) is 12.4 Å². The van der Waals surface area contributed by atoms with E-state index in [2.05, 4.69) is 34.7 Å². The third-order valence-electron chi connectivity index (χ3n) is 3.10. The number of hydrogen-bond acceptors (Lipinski definition) is 4. The van der Waals surface area contributed by atoms with E-state index in [0.717, 1.165) is 10.7 Å². The van der Waals surface area contributed by atoms with Crippen LogP contribution in [0, 0.1) is 0 Å². The first-order valence-electron chi connectivity index (χ1n) is 7.27. The fraction of sp³-hybridized carbons (Fsp3) is 0.400. The maximum atomic E-state index is 13.5. The largest absolute Gasteiger partial charge is 0.418 e. The van der Waals surface area contributed by atoms with Crippen LogP contribution in [0.15, 0.2) is 35.8 Å². The zero-order chi connectivity index (χ0) is 18.0. The van der Waals surface area contributed by atoms with Crippen molar-refractivity contribution >= 4 is 24.9 Å². The van der Waals surface area contributed by atoms with Gasteiger partial charge in [-0.05, 0) is 18.4 Å². The number of rotatable bonds is 4. The third-order valence-corrected chi connectivity index (χ3v) is 4.96. The predicted octanol–water partition coefficient (Wildman–Crippen LogP) is 4.27. The van der Waals surface area contributed by atoms with Crippen molar-refractivity contribution < 1.29 is 13.2 Å². The van der Waals surface area contributed by atoms with Gasteiger partial charge in [-0.2, -0.15) is 18.3 Å². The number of thioether (sulfide) groups is 1. The number of halogens is 3. The SMILES string of the molecule is CSC(=NC[Si](C)(C)C)c1ccc(-n2cncn2)c(C(F)(F)F)c1. The quantitative estimate of drug-likeness (QED) is 0.457. The van der Waals surface area contributed by atoms with Crippen LogP contribution in [0.2, 0.25) is 19.6 Å². The van der Waals surface area contributed by atoms with Crippen molar-refractivity contribution in [3.05, 3.63) is 42.0 Å². The van der Waals surface area contributed by atoms with Gasteiger partial charge in [0.15, 0.2) is 0 Å². The van der Waals surface area contributed by atoms with Crippen LogP contribution in [0.4, 0.5) is 13.2 Å². The molecule has 9 heteroatoms. The van der Waals surface area contributed by atoms with Gasteiger partial charge in [0.25, 0.3) is 0 Å². The van der Waals surface area contributed by atoms with Crippen LogP contribution >= 0.6 is 11.8 Å². The summed E-state index contributed by atoms with van der Waals surface area (Å²) >= 11 is 1.36. The average molecular weight is 372 g/mol. The molecule has 0 aliphatic carbocycles. The summed E-state index contributed by atoms with van der Waals surface area (Å²) in [6.45, 7) is 6.51. The molecular weight excluding hydrogens is 353 g/mol. The number of nitrogens with zero attached hydrogens (tertiary/aromatic N) is 4. The maximum absolute atomic E-state index is 13.5. The van der Waals surface area contributed by atoms with Gasteiger partial charge in [-0.3, -0.25) is 4.99 Å². The van der Waals surface area contributed by atoms with E-state index < -0.39 is 19.8 Å². The number of aliphatic imine (C=N–C) groups is 1. The minimum absolute atomic E-state index is 0.0469. The second-order valence-corrected chi connectivity index (χ2v) is 12.7. The Hall–Kier alpha value is -1.61. The van der Waals surface area contributed by atoms with E-state index in [1.54, 1.807) is 6.07 Å². The number of alkyl halides is 3. The molecule has 0 fully saturated rings. The van der Waals surface area contributed by atoms with Crippen LogP contribution in [0.5, 0.6) is 0 Å². The van der Waals surface area contributed by atoms with Crippen molar-refractivity contribution in [2.24, 2.45) is 4.99 Å². The highest BCUT2D eigenvalue weighted by molar-refractivity contribution is 8.13. The Kier molecular flexibility index (Phi) is 5.54. The van der Waals surface area contributed by atoms with Gasteiger partial charge in [0.05, 0.1) is 24.4 Å². The van der Waals surface area contributed by atoms with Gasteiger partial charge in [0, 0.05) is 11.7 Å². The minimum Gasteiger partial charge on any atom is -0.281 e. The smallest absolute Gasteiger partial charge is 0.281 e. The van der Waals surface area contributed by atoms with Gasteiger partial charge in [0.1, 0.15) is 12.7 Å². The summed E-state index contributed by atoms with van der Waals surface area (Å²) in [5.74, 6) is 0. The van der Waals surface area contributed by atoms with E-state index in [9.17, 15) is 13.2 Å². The van der Waals surface area contributed by atoms with Crippen LogP contribution in [0.3, 0.4) is 0 Å². The van der Waals surface area contributed by atoms with Crippen molar-refractivity contribution in [1.29, 1.82) is 0 Å². The first-order chi connectivity index (χ1) is 11.1. The van der Waals surface area contributed by atoms with Gasteiger partial charge in [0.2, 0.25) is 0 Å². The molecule has 0 saturated carbocycles. The standard InChI is InChI=1S/C15H19F3N4SSi/c1-23-14(20-10-24(2,3)4)11-5-6-13(22-9-19-8-21-22)12(7-11)15(16,17)18/h5-9H,10H2,1-4H3. The van der Waals surface area contributed by atoms with Gasteiger partial charge >= 0.3 is 6.18 Å². The highest BCUT2D eigenvalue weighted by Gasteiger charge is 2.35. The fourth-order valence-corrected chi connectivity index (χ4v) is 3.31. The molecule has 2 aromatic rings. The lowest BCUT2D eigenvalue weighted by molar-refractivity contribution is -0.137. The van der Waals surface area contributed by atoms with Crippen molar-refractivity contribution in [1.82, 2.24) is 14.8 Å². The minimum atomic E-state index is -4.49.